The maximum Gasteiger partial charge on any atom is 0.264 e. The van der Waals surface area contributed by atoms with Crippen molar-refractivity contribution in [1.29, 1.82) is 0 Å². The lowest BCUT2D eigenvalue weighted by atomic mass is 10.2. The van der Waals surface area contributed by atoms with Crippen LogP contribution in [0.25, 0.3) is 6.08 Å². The molecule has 1 amide bonds. The molecule has 0 unspecified atom stereocenters. The molecule has 1 heterocycles. The van der Waals surface area contributed by atoms with Crippen LogP contribution < -0.4 is 14.8 Å². The molecule has 0 bridgehead atoms. The number of ether oxygens (including phenoxy) is 2. The molecule has 3 aromatic rings. The van der Waals surface area contributed by atoms with E-state index in [1.54, 1.807) is 43.5 Å². The van der Waals surface area contributed by atoms with Crippen molar-refractivity contribution in [3.8, 4) is 11.5 Å². The second-order valence-electron chi connectivity index (χ2n) is 7.19. The second kappa shape index (κ2) is 10.1. The van der Waals surface area contributed by atoms with Crippen LogP contribution in [0.5, 0.6) is 11.5 Å². The molecule has 5 nitrogen and oxygen atoms in total. The number of aliphatic imine (C=N–C) groups is 1. The Hall–Kier alpha value is -3.29. The molecular formula is C25H20ClFN2O3S. The number of methoxy groups -OCH3 is 1. The van der Waals surface area contributed by atoms with Crippen LogP contribution in [0.4, 0.5) is 10.1 Å². The minimum Gasteiger partial charge on any atom is -0.493 e. The lowest BCUT2D eigenvalue weighted by Gasteiger charge is -2.11. The first-order chi connectivity index (χ1) is 15.9. The lowest BCUT2D eigenvalue weighted by Crippen LogP contribution is -2.19. The van der Waals surface area contributed by atoms with E-state index >= 15 is 0 Å². The van der Waals surface area contributed by atoms with E-state index in [-0.39, 0.29) is 18.3 Å². The van der Waals surface area contributed by atoms with Crippen LogP contribution in [0.15, 0.2) is 70.6 Å². The van der Waals surface area contributed by atoms with Gasteiger partial charge < -0.3 is 14.8 Å². The van der Waals surface area contributed by atoms with E-state index in [2.05, 4.69) is 10.3 Å². The van der Waals surface area contributed by atoms with Gasteiger partial charge in [0.2, 0.25) is 0 Å². The van der Waals surface area contributed by atoms with Crippen molar-refractivity contribution < 1.29 is 18.7 Å². The third-order valence-electron chi connectivity index (χ3n) is 4.91. The lowest BCUT2D eigenvalue weighted by molar-refractivity contribution is -0.115. The average molecular weight is 483 g/mol. The molecule has 1 fully saturated rings. The van der Waals surface area contributed by atoms with Crippen LogP contribution in [0.2, 0.25) is 5.02 Å². The highest BCUT2D eigenvalue weighted by Gasteiger charge is 2.24. The number of carbonyl (C=O) groups excluding carboxylic acids is 1. The number of nitrogens with one attached hydrogen (secondary N) is 1. The van der Waals surface area contributed by atoms with Crippen molar-refractivity contribution in [2.45, 2.75) is 13.5 Å². The summed E-state index contributed by atoms with van der Waals surface area (Å²) in [7, 11) is 1.55. The summed E-state index contributed by atoms with van der Waals surface area (Å²) in [5.74, 6) is 0.553. The molecule has 0 aromatic heterocycles. The maximum atomic E-state index is 13.1. The summed E-state index contributed by atoms with van der Waals surface area (Å²) in [5.41, 5.74) is 3.17. The zero-order valence-corrected chi connectivity index (χ0v) is 19.5. The molecule has 1 N–H and O–H groups in total. The molecular weight excluding hydrogens is 463 g/mol. The first-order valence-corrected chi connectivity index (χ1v) is 11.2. The van der Waals surface area contributed by atoms with E-state index in [9.17, 15) is 9.18 Å². The van der Waals surface area contributed by atoms with Gasteiger partial charge in [-0.1, -0.05) is 35.9 Å². The Kier molecular flexibility index (Phi) is 7.01. The van der Waals surface area contributed by atoms with Gasteiger partial charge in [-0.2, -0.15) is 0 Å². The van der Waals surface area contributed by atoms with Crippen molar-refractivity contribution in [3.63, 3.8) is 0 Å². The van der Waals surface area contributed by atoms with Gasteiger partial charge in [0, 0.05) is 5.02 Å². The molecule has 33 heavy (non-hydrogen) atoms. The summed E-state index contributed by atoms with van der Waals surface area (Å²) < 4.78 is 24.3. The highest BCUT2D eigenvalue weighted by molar-refractivity contribution is 8.18. The van der Waals surface area contributed by atoms with Gasteiger partial charge in [0.15, 0.2) is 16.7 Å². The number of benzene rings is 3. The van der Waals surface area contributed by atoms with Crippen LogP contribution >= 0.6 is 23.4 Å². The Labute approximate surface area is 200 Å². The quantitative estimate of drug-likeness (QED) is 0.421. The van der Waals surface area contributed by atoms with Gasteiger partial charge in [0.25, 0.3) is 5.91 Å². The van der Waals surface area contributed by atoms with E-state index in [0.717, 1.165) is 16.7 Å². The van der Waals surface area contributed by atoms with Crippen LogP contribution in [-0.4, -0.2) is 18.2 Å². The predicted octanol–water partition coefficient (Wildman–Crippen LogP) is 6.27. The molecule has 0 radical (unpaired) electrons. The van der Waals surface area contributed by atoms with Crippen LogP contribution in [0, 0.1) is 12.7 Å². The molecule has 0 aliphatic carbocycles. The highest BCUT2D eigenvalue weighted by atomic mass is 35.5. The number of rotatable bonds is 6. The predicted molar refractivity (Wildman–Crippen MR) is 131 cm³/mol. The summed E-state index contributed by atoms with van der Waals surface area (Å²) >= 11 is 7.41. The van der Waals surface area contributed by atoms with E-state index < -0.39 is 0 Å². The molecule has 1 aliphatic heterocycles. The Morgan fingerprint density at radius 1 is 1.12 bits per heavy atom. The molecule has 0 saturated carbocycles. The van der Waals surface area contributed by atoms with Crippen molar-refractivity contribution in [2.75, 3.05) is 7.11 Å². The molecule has 1 aliphatic rings. The van der Waals surface area contributed by atoms with Gasteiger partial charge in [0.05, 0.1) is 17.7 Å². The fourth-order valence-corrected chi connectivity index (χ4v) is 4.10. The summed E-state index contributed by atoms with van der Waals surface area (Å²) in [5, 5.41) is 3.89. The Bertz CT molecular complexity index is 1260. The van der Waals surface area contributed by atoms with Crippen LogP contribution in [-0.2, 0) is 11.4 Å². The largest absolute Gasteiger partial charge is 0.493 e. The number of halogens is 2. The van der Waals surface area contributed by atoms with Gasteiger partial charge in [-0.25, -0.2) is 9.38 Å². The van der Waals surface area contributed by atoms with Crippen LogP contribution in [0.3, 0.4) is 0 Å². The normalized spacial score (nSPS) is 15.7. The van der Waals surface area contributed by atoms with E-state index in [1.165, 1.54) is 23.9 Å². The number of carbonyl (C=O) groups is 1. The summed E-state index contributed by atoms with van der Waals surface area (Å²) in [6, 6.07) is 17.0. The smallest absolute Gasteiger partial charge is 0.264 e. The zero-order chi connectivity index (χ0) is 23.4. The van der Waals surface area contributed by atoms with Crippen molar-refractivity contribution >= 4 is 46.2 Å². The minimum absolute atomic E-state index is 0.228. The van der Waals surface area contributed by atoms with Gasteiger partial charge in [-0.3, -0.25) is 4.79 Å². The fraction of sp³-hybridized carbons (Fsp3) is 0.120. The molecule has 4 rings (SSSR count). The third-order valence-corrected chi connectivity index (χ3v) is 6.22. The van der Waals surface area contributed by atoms with Gasteiger partial charge >= 0.3 is 0 Å². The standard InChI is InChI=1S/C25H20ClFN2O3S/c1-15-19(26)4-3-5-20(15)28-25-29-24(30)23(33-25)13-17-8-11-21(22(12-17)31-2)32-14-16-6-9-18(27)10-7-16/h3-13H,14H2,1-2H3,(H,28,29,30)/b23-13-. The number of nitrogens with zero attached hydrogens (tertiary/aromatic N) is 1. The fourth-order valence-electron chi connectivity index (χ4n) is 3.09. The monoisotopic (exact) mass is 482 g/mol. The zero-order valence-electron chi connectivity index (χ0n) is 17.9. The first kappa shape index (κ1) is 22.9. The van der Waals surface area contributed by atoms with Gasteiger partial charge in [-0.05, 0) is 77.9 Å². The molecule has 0 spiro atoms. The average Bonchev–Trinajstić information content (AvgIpc) is 3.15. The molecule has 0 atom stereocenters. The molecule has 3 aromatic carbocycles. The molecule has 168 valence electrons. The molecule has 8 heteroatoms. The Morgan fingerprint density at radius 2 is 1.91 bits per heavy atom. The topological polar surface area (TPSA) is 59.9 Å². The molecule has 1 saturated heterocycles. The summed E-state index contributed by atoms with van der Waals surface area (Å²) in [4.78, 5) is 17.5. The van der Waals surface area contributed by atoms with Crippen molar-refractivity contribution in [1.82, 2.24) is 5.32 Å². The minimum atomic E-state index is -0.293. The number of hydrogen-bond acceptors (Lipinski definition) is 5. The van der Waals surface area contributed by atoms with Crippen molar-refractivity contribution in [3.05, 3.63) is 93.1 Å². The van der Waals surface area contributed by atoms with E-state index in [1.807, 2.05) is 25.1 Å². The van der Waals surface area contributed by atoms with Gasteiger partial charge in [0.1, 0.15) is 12.4 Å². The van der Waals surface area contributed by atoms with Crippen molar-refractivity contribution in [2.24, 2.45) is 4.99 Å². The third kappa shape index (κ3) is 5.56. The van der Waals surface area contributed by atoms with Gasteiger partial charge in [-0.15, -0.1) is 0 Å². The van der Waals surface area contributed by atoms with E-state index in [4.69, 9.17) is 21.1 Å². The van der Waals surface area contributed by atoms with E-state index in [0.29, 0.717) is 32.3 Å². The summed E-state index contributed by atoms with van der Waals surface area (Å²) in [6.07, 6.45) is 1.76. The van der Waals surface area contributed by atoms with Crippen LogP contribution in [0.1, 0.15) is 16.7 Å². The number of amides is 1. The SMILES string of the molecule is COc1cc(/C=C2\SC(=Nc3cccc(Cl)c3C)NC2=O)ccc1OCc1ccc(F)cc1. The number of thioether (sulfide) groups is 1. The Balaban J connectivity index is 1.50. The Morgan fingerprint density at radius 3 is 2.67 bits per heavy atom. The number of amidine groups is 1. The highest BCUT2D eigenvalue weighted by Crippen LogP contribution is 2.33. The maximum absolute atomic E-state index is 13.1. The summed E-state index contributed by atoms with van der Waals surface area (Å²) in [6.45, 7) is 2.16. The second-order valence-corrected chi connectivity index (χ2v) is 8.63. The first-order valence-electron chi connectivity index (χ1n) is 10.0. The number of hydrogen-bond donors (Lipinski definition) is 1.